The minimum Gasteiger partial charge on any atom is -0.373 e. The second-order valence-electron chi connectivity index (χ2n) is 5.74. The normalized spacial score (nSPS) is 12.2. The molecule has 0 radical (unpaired) electrons. The average molecular weight is 322 g/mol. The summed E-state index contributed by atoms with van der Waals surface area (Å²) in [6, 6.07) is 20.2. The smallest absolute Gasteiger partial charge is 0.108 e. The Morgan fingerprint density at radius 2 is 1.71 bits per heavy atom. The molecule has 2 aromatic carbocycles. The molecule has 0 spiro atoms. The van der Waals surface area contributed by atoms with Crippen LogP contribution >= 0.6 is 0 Å². The molecule has 124 valence electrons. The maximum absolute atomic E-state index is 6.11. The third kappa shape index (κ3) is 4.75. The topological polar surface area (TPSA) is 66.0 Å². The molecule has 1 atom stereocenters. The molecule has 24 heavy (non-hydrogen) atoms. The van der Waals surface area contributed by atoms with Crippen molar-refractivity contribution in [2.75, 3.05) is 6.61 Å². The Hall–Kier alpha value is -2.50. The van der Waals surface area contributed by atoms with Crippen LogP contribution < -0.4 is 5.73 Å². The molecule has 3 aromatic rings. The van der Waals surface area contributed by atoms with E-state index in [4.69, 9.17) is 10.5 Å². The van der Waals surface area contributed by atoms with E-state index in [-0.39, 0.29) is 6.04 Å². The Bertz CT molecular complexity index is 727. The largest absolute Gasteiger partial charge is 0.373 e. The molecule has 0 bridgehead atoms. The lowest BCUT2D eigenvalue weighted by atomic mass is 10.1. The first-order valence-corrected chi connectivity index (χ1v) is 8.12. The second-order valence-corrected chi connectivity index (χ2v) is 5.74. The zero-order valence-corrected chi connectivity index (χ0v) is 13.6. The lowest BCUT2D eigenvalue weighted by Gasteiger charge is -2.11. The van der Waals surface area contributed by atoms with E-state index in [0.717, 1.165) is 24.2 Å². The molecular weight excluding hydrogens is 300 g/mol. The van der Waals surface area contributed by atoms with Crippen LogP contribution in [0.2, 0.25) is 0 Å². The number of benzene rings is 2. The average Bonchev–Trinajstić information content (AvgIpc) is 3.09. The van der Waals surface area contributed by atoms with E-state index in [1.165, 1.54) is 5.56 Å². The minimum atomic E-state index is -0.126. The summed E-state index contributed by atoms with van der Waals surface area (Å²) in [7, 11) is 0. The molecule has 0 fully saturated rings. The molecule has 1 heterocycles. The SMILES string of the molecule is NC(COCc1cn(CCc2ccccc2)nn1)c1ccccc1. The van der Waals surface area contributed by atoms with Crippen molar-refractivity contribution in [1.29, 1.82) is 0 Å². The highest BCUT2D eigenvalue weighted by atomic mass is 16.5. The first kappa shape index (κ1) is 16.4. The Morgan fingerprint density at radius 3 is 2.46 bits per heavy atom. The fourth-order valence-electron chi connectivity index (χ4n) is 2.49. The molecular formula is C19H22N4O. The fraction of sp³-hybridized carbons (Fsp3) is 0.263. The fourth-order valence-corrected chi connectivity index (χ4v) is 2.49. The molecule has 0 amide bonds. The summed E-state index contributed by atoms with van der Waals surface area (Å²) >= 11 is 0. The van der Waals surface area contributed by atoms with E-state index in [1.54, 1.807) is 0 Å². The predicted molar refractivity (Wildman–Crippen MR) is 93.2 cm³/mol. The van der Waals surface area contributed by atoms with Crippen molar-refractivity contribution < 1.29 is 4.74 Å². The van der Waals surface area contributed by atoms with Crippen molar-refractivity contribution in [3.63, 3.8) is 0 Å². The molecule has 5 nitrogen and oxygen atoms in total. The third-order valence-electron chi connectivity index (χ3n) is 3.83. The van der Waals surface area contributed by atoms with E-state index in [0.29, 0.717) is 13.2 Å². The highest BCUT2D eigenvalue weighted by Gasteiger charge is 2.07. The van der Waals surface area contributed by atoms with Crippen molar-refractivity contribution in [1.82, 2.24) is 15.0 Å². The molecule has 2 N–H and O–H groups in total. The zero-order chi connectivity index (χ0) is 16.6. The number of hydrogen-bond donors (Lipinski definition) is 1. The number of nitrogens with zero attached hydrogens (tertiary/aromatic N) is 3. The van der Waals surface area contributed by atoms with Crippen molar-refractivity contribution in [2.45, 2.75) is 25.6 Å². The van der Waals surface area contributed by atoms with E-state index in [1.807, 2.05) is 59.4 Å². The Labute approximate surface area is 142 Å². The van der Waals surface area contributed by atoms with Gasteiger partial charge in [0.05, 0.1) is 25.5 Å². The number of ether oxygens (including phenoxy) is 1. The van der Waals surface area contributed by atoms with Crippen LogP contribution in [-0.2, 0) is 24.3 Å². The highest BCUT2D eigenvalue weighted by Crippen LogP contribution is 2.10. The number of hydrogen-bond acceptors (Lipinski definition) is 4. The van der Waals surface area contributed by atoms with Crippen molar-refractivity contribution >= 4 is 0 Å². The second kappa shape index (κ2) is 8.38. The highest BCUT2D eigenvalue weighted by molar-refractivity contribution is 5.18. The number of nitrogens with two attached hydrogens (primary N) is 1. The van der Waals surface area contributed by atoms with Gasteiger partial charge in [-0.3, -0.25) is 4.68 Å². The van der Waals surface area contributed by atoms with Crippen LogP contribution in [0.25, 0.3) is 0 Å². The third-order valence-corrected chi connectivity index (χ3v) is 3.83. The molecule has 3 rings (SSSR count). The van der Waals surface area contributed by atoms with Gasteiger partial charge in [0.2, 0.25) is 0 Å². The van der Waals surface area contributed by atoms with Gasteiger partial charge in [0.15, 0.2) is 0 Å². The summed E-state index contributed by atoms with van der Waals surface area (Å²) in [5.41, 5.74) is 9.30. The van der Waals surface area contributed by atoms with Gasteiger partial charge in [0, 0.05) is 6.54 Å². The van der Waals surface area contributed by atoms with Gasteiger partial charge in [-0.15, -0.1) is 5.10 Å². The summed E-state index contributed by atoms with van der Waals surface area (Å²) in [6.45, 7) is 1.69. The lowest BCUT2D eigenvalue weighted by molar-refractivity contribution is 0.105. The summed E-state index contributed by atoms with van der Waals surface area (Å²) in [4.78, 5) is 0. The van der Waals surface area contributed by atoms with Crippen LogP contribution in [0.4, 0.5) is 0 Å². The molecule has 1 unspecified atom stereocenters. The first-order chi connectivity index (χ1) is 11.8. The van der Waals surface area contributed by atoms with Crippen LogP contribution in [-0.4, -0.2) is 21.6 Å². The summed E-state index contributed by atoms with van der Waals surface area (Å²) in [6.07, 6.45) is 2.86. The van der Waals surface area contributed by atoms with Crippen LogP contribution in [0.3, 0.4) is 0 Å². The number of aryl methyl sites for hydroxylation is 2. The van der Waals surface area contributed by atoms with Gasteiger partial charge < -0.3 is 10.5 Å². The van der Waals surface area contributed by atoms with Gasteiger partial charge in [0.1, 0.15) is 5.69 Å². The Morgan fingerprint density at radius 1 is 1.00 bits per heavy atom. The number of aromatic nitrogens is 3. The Balaban J connectivity index is 1.43. The monoisotopic (exact) mass is 322 g/mol. The van der Waals surface area contributed by atoms with Gasteiger partial charge >= 0.3 is 0 Å². The maximum atomic E-state index is 6.11. The van der Waals surface area contributed by atoms with Crippen LogP contribution in [0.5, 0.6) is 0 Å². The summed E-state index contributed by atoms with van der Waals surface area (Å²) in [5.74, 6) is 0. The molecule has 0 aliphatic carbocycles. The quantitative estimate of drug-likeness (QED) is 0.692. The van der Waals surface area contributed by atoms with Gasteiger partial charge in [0.25, 0.3) is 0 Å². The molecule has 0 aliphatic heterocycles. The van der Waals surface area contributed by atoms with Gasteiger partial charge in [-0.1, -0.05) is 65.9 Å². The Kier molecular flexibility index (Phi) is 5.71. The van der Waals surface area contributed by atoms with Crippen LogP contribution in [0, 0.1) is 0 Å². The van der Waals surface area contributed by atoms with E-state index in [9.17, 15) is 0 Å². The van der Waals surface area contributed by atoms with Crippen molar-refractivity contribution in [2.24, 2.45) is 5.73 Å². The van der Waals surface area contributed by atoms with Crippen molar-refractivity contribution in [3.8, 4) is 0 Å². The van der Waals surface area contributed by atoms with Crippen molar-refractivity contribution in [3.05, 3.63) is 83.7 Å². The summed E-state index contributed by atoms with van der Waals surface area (Å²) in [5, 5.41) is 8.29. The predicted octanol–water partition coefficient (Wildman–Crippen LogP) is 2.74. The van der Waals surface area contributed by atoms with E-state index < -0.39 is 0 Å². The molecule has 0 saturated carbocycles. The zero-order valence-electron chi connectivity index (χ0n) is 13.6. The molecule has 0 saturated heterocycles. The standard InChI is InChI=1S/C19H22N4O/c20-19(17-9-5-2-6-10-17)15-24-14-18-13-23(22-21-18)12-11-16-7-3-1-4-8-16/h1-10,13,19H,11-12,14-15,20H2. The number of rotatable bonds is 8. The first-order valence-electron chi connectivity index (χ1n) is 8.12. The maximum Gasteiger partial charge on any atom is 0.108 e. The van der Waals surface area contributed by atoms with Gasteiger partial charge in [-0.2, -0.15) is 0 Å². The van der Waals surface area contributed by atoms with E-state index >= 15 is 0 Å². The van der Waals surface area contributed by atoms with Crippen LogP contribution in [0.15, 0.2) is 66.9 Å². The molecule has 0 aliphatic rings. The minimum absolute atomic E-state index is 0.126. The van der Waals surface area contributed by atoms with Crippen LogP contribution in [0.1, 0.15) is 22.9 Å². The summed E-state index contributed by atoms with van der Waals surface area (Å²) < 4.78 is 7.52. The van der Waals surface area contributed by atoms with E-state index in [2.05, 4.69) is 22.4 Å². The molecule has 5 heteroatoms. The molecule has 1 aromatic heterocycles. The lowest BCUT2D eigenvalue weighted by Crippen LogP contribution is -2.17. The van der Waals surface area contributed by atoms with Gasteiger partial charge in [-0.05, 0) is 17.5 Å². The van der Waals surface area contributed by atoms with Gasteiger partial charge in [-0.25, -0.2) is 0 Å².